The van der Waals surface area contributed by atoms with Gasteiger partial charge in [-0.25, -0.2) is 0 Å². The molecule has 0 saturated heterocycles. The Morgan fingerprint density at radius 3 is 2.79 bits per heavy atom. The van der Waals surface area contributed by atoms with Crippen molar-refractivity contribution in [3.63, 3.8) is 0 Å². The van der Waals surface area contributed by atoms with Crippen LogP contribution in [0.15, 0.2) is 35.6 Å². The van der Waals surface area contributed by atoms with E-state index in [-0.39, 0.29) is 11.9 Å². The smallest absolute Gasteiger partial charge is 0.375 e. The summed E-state index contributed by atoms with van der Waals surface area (Å²) < 4.78 is 1.16. The Morgan fingerprint density at radius 1 is 1.53 bits per heavy atom. The maximum atomic E-state index is 12.0. The van der Waals surface area contributed by atoms with Gasteiger partial charge in [-0.15, -0.1) is 6.58 Å². The van der Waals surface area contributed by atoms with Crippen molar-refractivity contribution >= 4 is 28.2 Å². The first kappa shape index (κ1) is 13.1. The zero-order valence-electron chi connectivity index (χ0n) is 9.67. The predicted molar refractivity (Wildman–Crippen MR) is 71.7 cm³/mol. The Kier molecular flexibility index (Phi) is 3.26. The van der Waals surface area contributed by atoms with Crippen LogP contribution in [0.2, 0.25) is 5.02 Å². The van der Waals surface area contributed by atoms with E-state index in [9.17, 15) is 20.0 Å². The van der Waals surface area contributed by atoms with E-state index in [4.69, 9.17) is 11.6 Å². The molecule has 0 radical (unpaired) electrons. The molecule has 0 aliphatic heterocycles. The summed E-state index contributed by atoms with van der Waals surface area (Å²) in [6, 6.07) is 4.43. The number of allylic oxidation sites excluding steroid dienone is 1. The Hall–Kier alpha value is -2.34. The molecular formula is C12H9ClN2O4. The molecule has 0 atom stereocenters. The fourth-order valence-electron chi connectivity index (χ4n) is 1.87. The van der Waals surface area contributed by atoms with Gasteiger partial charge in [-0.1, -0.05) is 17.7 Å². The first-order valence-corrected chi connectivity index (χ1v) is 5.65. The van der Waals surface area contributed by atoms with E-state index in [0.29, 0.717) is 10.5 Å². The van der Waals surface area contributed by atoms with E-state index < -0.39 is 21.9 Å². The molecule has 0 spiro atoms. The topological polar surface area (TPSA) is 85.4 Å². The van der Waals surface area contributed by atoms with Crippen LogP contribution in [0.3, 0.4) is 0 Å². The average molecular weight is 281 g/mol. The van der Waals surface area contributed by atoms with E-state index >= 15 is 0 Å². The molecule has 7 heteroatoms. The fourth-order valence-corrected chi connectivity index (χ4v) is 2.05. The van der Waals surface area contributed by atoms with E-state index in [1.165, 1.54) is 24.3 Å². The normalized spacial score (nSPS) is 10.6. The molecule has 1 N–H and O–H groups in total. The van der Waals surface area contributed by atoms with Crippen LogP contribution in [-0.2, 0) is 6.54 Å². The maximum Gasteiger partial charge on any atom is 0.375 e. The van der Waals surface area contributed by atoms with Crippen LogP contribution in [0.25, 0.3) is 10.9 Å². The molecule has 0 bridgehead atoms. The third-order valence-corrected chi connectivity index (χ3v) is 2.91. The molecule has 1 aromatic carbocycles. The monoisotopic (exact) mass is 280 g/mol. The quantitative estimate of drug-likeness (QED) is 0.531. The number of aromatic hydroxyl groups is 1. The fraction of sp³-hybridized carbons (Fsp3) is 0.0833. The summed E-state index contributed by atoms with van der Waals surface area (Å²) in [4.78, 5) is 22.0. The highest BCUT2D eigenvalue weighted by Gasteiger charge is 2.25. The van der Waals surface area contributed by atoms with Gasteiger partial charge in [0, 0.05) is 17.0 Å². The molecule has 1 heterocycles. The predicted octanol–water partition coefficient (Wildman–Crippen LogP) is 2.45. The second-order valence-electron chi connectivity index (χ2n) is 3.82. The lowest BCUT2D eigenvalue weighted by Gasteiger charge is -2.10. The Balaban J connectivity index is 3.03. The minimum absolute atomic E-state index is 0.0953. The van der Waals surface area contributed by atoms with Gasteiger partial charge < -0.3 is 5.11 Å². The Morgan fingerprint density at radius 2 is 2.21 bits per heavy atom. The van der Waals surface area contributed by atoms with Crippen LogP contribution in [0.5, 0.6) is 5.75 Å². The van der Waals surface area contributed by atoms with Crippen molar-refractivity contribution in [2.45, 2.75) is 6.54 Å². The minimum atomic E-state index is -0.905. The van der Waals surface area contributed by atoms with Gasteiger partial charge >= 0.3 is 11.2 Å². The lowest BCUT2D eigenvalue weighted by Crippen LogP contribution is -2.22. The molecule has 0 saturated carbocycles. The molecule has 2 rings (SSSR count). The summed E-state index contributed by atoms with van der Waals surface area (Å²) in [5, 5.41) is 21.2. The van der Waals surface area contributed by atoms with Gasteiger partial charge in [-0.2, -0.15) is 0 Å². The number of nitrogens with zero attached hydrogens (tertiary/aromatic N) is 2. The highest BCUT2D eigenvalue weighted by atomic mass is 35.5. The van der Waals surface area contributed by atoms with Crippen LogP contribution in [0.1, 0.15) is 0 Å². The Labute approximate surface area is 112 Å². The number of rotatable bonds is 3. The van der Waals surface area contributed by atoms with Gasteiger partial charge in [-0.3, -0.25) is 19.5 Å². The summed E-state index contributed by atoms with van der Waals surface area (Å²) >= 11 is 5.80. The molecule has 0 unspecified atom stereocenters. The molecule has 0 fully saturated rings. The van der Waals surface area contributed by atoms with Gasteiger partial charge in [-0.05, 0) is 18.2 Å². The molecule has 0 aliphatic rings. The molecule has 2 aromatic rings. The number of halogens is 1. The minimum Gasteiger partial charge on any atom is -0.501 e. The molecule has 1 aromatic heterocycles. The zero-order chi connectivity index (χ0) is 14.2. The summed E-state index contributed by atoms with van der Waals surface area (Å²) in [7, 11) is 0. The van der Waals surface area contributed by atoms with E-state index in [1.54, 1.807) is 0 Å². The molecule has 0 aliphatic carbocycles. The molecular weight excluding hydrogens is 272 g/mol. The average Bonchev–Trinajstić information content (AvgIpc) is 2.34. The maximum absolute atomic E-state index is 12.0. The van der Waals surface area contributed by atoms with Crippen molar-refractivity contribution < 1.29 is 10.0 Å². The highest BCUT2D eigenvalue weighted by molar-refractivity contribution is 6.31. The van der Waals surface area contributed by atoms with E-state index in [1.807, 2.05) is 0 Å². The first-order valence-electron chi connectivity index (χ1n) is 5.27. The summed E-state index contributed by atoms with van der Waals surface area (Å²) in [5.74, 6) is -0.673. The number of hydrogen-bond donors (Lipinski definition) is 1. The number of nitro groups is 1. The molecule has 98 valence electrons. The Bertz CT molecular complexity index is 751. The van der Waals surface area contributed by atoms with E-state index in [2.05, 4.69) is 6.58 Å². The van der Waals surface area contributed by atoms with Crippen LogP contribution < -0.4 is 5.56 Å². The second kappa shape index (κ2) is 4.74. The SMILES string of the molecule is C=CCn1c(=O)c([N+](=O)[O-])c(O)c2cc(Cl)ccc21. The van der Waals surface area contributed by atoms with Crippen LogP contribution >= 0.6 is 11.6 Å². The lowest BCUT2D eigenvalue weighted by molar-refractivity contribution is -0.387. The van der Waals surface area contributed by atoms with Crippen molar-refractivity contribution in [1.82, 2.24) is 4.57 Å². The van der Waals surface area contributed by atoms with Gasteiger partial charge in [0.2, 0.25) is 5.75 Å². The number of pyridine rings is 1. The lowest BCUT2D eigenvalue weighted by atomic mass is 10.1. The van der Waals surface area contributed by atoms with Crippen molar-refractivity contribution in [2.24, 2.45) is 0 Å². The third kappa shape index (κ3) is 2.06. The first-order chi connectivity index (χ1) is 8.97. The van der Waals surface area contributed by atoms with Gasteiger partial charge in [0.15, 0.2) is 0 Å². The summed E-state index contributed by atoms with van der Waals surface area (Å²) in [6.45, 7) is 3.60. The standard InChI is InChI=1S/C12H9ClN2O4/c1-2-5-14-9-4-3-7(13)6-8(9)11(16)10(12(14)17)15(18)19/h2-4,6,16H,1,5H2. The van der Waals surface area contributed by atoms with Crippen molar-refractivity contribution in [3.05, 3.63) is 56.3 Å². The van der Waals surface area contributed by atoms with E-state index in [0.717, 1.165) is 4.57 Å². The van der Waals surface area contributed by atoms with Crippen LogP contribution in [0.4, 0.5) is 5.69 Å². The van der Waals surface area contributed by atoms with Crippen molar-refractivity contribution in [2.75, 3.05) is 0 Å². The number of aromatic nitrogens is 1. The van der Waals surface area contributed by atoms with Gasteiger partial charge in [0.25, 0.3) is 0 Å². The second-order valence-corrected chi connectivity index (χ2v) is 4.26. The zero-order valence-corrected chi connectivity index (χ0v) is 10.4. The van der Waals surface area contributed by atoms with Crippen LogP contribution in [0, 0.1) is 10.1 Å². The third-order valence-electron chi connectivity index (χ3n) is 2.67. The van der Waals surface area contributed by atoms with Crippen molar-refractivity contribution in [1.29, 1.82) is 0 Å². The van der Waals surface area contributed by atoms with Crippen molar-refractivity contribution in [3.8, 4) is 5.75 Å². The number of hydrogen-bond acceptors (Lipinski definition) is 4. The van der Waals surface area contributed by atoms with Gasteiger partial charge in [0.05, 0.1) is 10.4 Å². The highest BCUT2D eigenvalue weighted by Crippen LogP contribution is 2.32. The number of fused-ring (bicyclic) bond motifs is 1. The van der Waals surface area contributed by atoms with Gasteiger partial charge in [0.1, 0.15) is 0 Å². The van der Waals surface area contributed by atoms with Crippen LogP contribution in [-0.4, -0.2) is 14.6 Å². The summed E-state index contributed by atoms with van der Waals surface area (Å²) in [6.07, 6.45) is 1.44. The largest absolute Gasteiger partial charge is 0.501 e. The summed E-state index contributed by atoms with van der Waals surface area (Å²) in [5.41, 5.74) is -1.38. The molecule has 19 heavy (non-hydrogen) atoms. The molecule has 0 amide bonds. The molecule has 6 nitrogen and oxygen atoms in total. The number of benzene rings is 1.